The van der Waals surface area contributed by atoms with Gasteiger partial charge >= 0.3 is 5.97 Å². The van der Waals surface area contributed by atoms with Crippen molar-refractivity contribution in [2.24, 2.45) is 0 Å². The molecule has 0 spiro atoms. The number of rotatable bonds is 6. The van der Waals surface area contributed by atoms with Crippen LogP contribution in [0.3, 0.4) is 0 Å². The molecular weight excluding hydrogens is 240 g/mol. The third-order valence-electron chi connectivity index (χ3n) is 2.39. The zero-order chi connectivity index (χ0) is 12.7. The Morgan fingerprint density at radius 3 is 2.76 bits per heavy atom. The molecule has 0 amide bonds. The number of benzene rings is 1. The number of esters is 1. The van der Waals surface area contributed by atoms with Crippen LogP contribution in [-0.4, -0.2) is 25.6 Å². The number of ether oxygens (including phenoxy) is 2. The first kappa shape index (κ1) is 13.8. The minimum absolute atomic E-state index is 0.338. The summed E-state index contributed by atoms with van der Waals surface area (Å²) in [6.07, 6.45) is 1.57. The Morgan fingerprint density at radius 2 is 2.18 bits per heavy atom. The fraction of sp³-hybridized carbons (Fsp3) is 0.462. The molecule has 0 aliphatic heterocycles. The first-order valence-electron chi connectivity index (χ1n) is 5.63. The van der Waals surface area contributed by atoms with Gasteiger partial charge < -0.3 is 9.47 Å². The predicted octanol–water partition coefficient (Wildman–Crippen LogP) is 3.04. The van der Waals surface area contributed by atoms with Crippen molar-refractivity contribution in [1.82, 2.24) is 0 Å². The lowest BCUT2D eigenvalue weighted by molar-refractivity contribution is 0.0521. The number of carbonyl (C=O) groups excluding carboxylic acids is 1. The van der Waals surface area contributed by atoms with Gasteiger partial charge in [-0.25, -0.2) is 4.79 Å². The summed E-state index contributed by atoms with van der Waals surface area (Å²) in [6.45, 7) is 2.14. The first-order valence-corrected chi connectivity index (χ1v) is 6.17. The summed E-state index contributed by atoms with van der Waals surface area (Å²) >= 11 is 5.67. The van der Waals surface area contributed by atoms with Crippen LogP contribution in [0, 0.1) is 0 Å². The van der Waals surface area contributed by atoms with Crippen LogP contribution in [0.25, 0.3) is 0 Å². The van der Waals surface area contributed by atoms with Crippen LogP contribution in [0.5, 0.6) is 5.75 Å². The molecule has 0 bridgehead atoms. The molecule has 0 aliphatic rings. The minimum Gasteiger partial charge on any atom is -0.496 e. The molecule has 1 aromatic carbocycles. The summed E-state index contributed by atoms with van der Waals surface area (Å²) in [5.74, 6) is 0.782. The van der Waals surface area contributed by atoms with E-state index in [0.29, 0.717) is 23.8 Å². The number of alkyl halides is 1. The molecule has 0 heterocycles. The smallest absolute Gasteiger partial charge is 0.342 e. The van der Waals surface area contributed by atoms with Gasteiger partial charge in [-0.15, -0.1) is 11.6 Å². The molecule has 0 N–H and O–H groups in total. The van der Waals surface area contributed by atoms with E-state index in [9.17, 15) is 4.79 Å². The molecule has 0 aromatic heterocycles. The van der Waals surface area contributed by atoms with Crippen LogP contribution in [0.15, 0.2) is 18.2 Å². The van der Waals surface area contributed by atoms with Gasteiger partial charge in [0.15, 0.2) is 0 Å². The van der Waals surface area contributed by atoms with Crippen LogP contribution in [-0.2, 0) is 11.2 Å². The number of carbonyl (C=O) groups is 1. The van der Waals surface area contributed by atoms with Crippen LogP contribution in [0.1, 0.15) is 29.3 Å². The zero-order valence-electron chi connectivity index (χ0n) is 10.2. The molecule has 1 rings (SSSR count). The van der Waals surface area contributed by atoms with Crippen LogP contribution < -0.4 is 4.74 Å². The van der Waals surface area contributed by atoms with E-state index in [-0.39, 0.29) is 5.97 Å². The molecule has 0 saturated carbocycles. The monoisotopic (exact) mass is 256 g/mol. The Labute approximate surface area is 107 Å². The highest BCUT2D eigenvalue weighted by Gasteiger charge is 2.17. The molecule has 4 heteroatoms. The van der Waals surface area contributed by atoms with E-state index in [1.807, 2.05) is 12.1 Å². The van der Waals surface area contributed by atoms with Crippen LogP contribution in [0.2, 0.25) is 0 Å². The average molecular weight is 257 g/mol. The molecule has 0 aliphatic carbocycles. The Balaban J connectivity index is 3.06. The van der Waals surface area contributed by atoms with Gasteiger partial charge in [-0.05, 0) is 31.4 Å². The molecule has 3 nitrogen and oxygen atoms in total. The maximum absolute atomic E-state index is 11.9. The molecule has 0 radical (unpaired) electrons. The predicted molar refractivity (Wildman–Crippen MR) is 68.0 cm³/mol. The van der Waals surface area contributed by atoms with Gasteiger partial charge in [0, 0.05) is 5.88 Å². The lowest BCUT2D eigenvalue weighted by atomic mass is 10.0. The zero-order valence-corrected chi connectivity index (χ0v) is 10.9. The van der Waals surface area contributed by atoms with E-state index in [2.05, 4.69) is 0 Å². The standard InChI is InChI=1S/C13H17ClO3/c1-3-17-13(15)12-10(7-5-9-14)6-4-8-11(12)16-2/h4,6,8H,3,5,7,9H2,1-2H3. The number of aryl methyl sites for hydroxylation is 1. The van der Waals surface area contributed by atoms with Gasteiger partial charge in [0.05, 0.1) is 13.7 Å². The summed E-state index contributed by atoms with van der Waals surface area (Å²) in [5, 5.41) is 0. The Bertz CT molecular complexity index is 377. The second-order valence-electron chi connectivity index (χ2n) is 3.51. The summed E-state index contributed by atoms with van der Waals surface area (Å²) in [4.78, 5) is 11.9. The molecule has 0 unspecified atom stereocenters. The SMILES string of the molecule is CCOC(=O)c1c(CCCCl)cccc1OC. The van der Waals surface area contributed by atoms with Crippen molar-refractivity contribution in [3.63, 3.8) is 0 Å². The van der Waals surface area contributed by atoms with Gasteiger partial charge in [-0.2, -0.15) is 0 Å². The number of halogens is 1. The van der Waals surface area contributed by atoms with E-state index in [0.717, 1.165) is 18.4 Å². The fourth-order valence-corrected chi connectivity index (χ4v) is 1.78. The Hall–Kier alpha value is -1.22. The summed E-state index contributed by atoms with van der Waals surface area (Å²) in [5.41, 5.74) is 1.44. The van der Waals surface area contributed by atoms with Crippen molar-refractivity contribution in [1.29, 1.82) is 0 Å². The maximum Gasteiger partial charge on any atom is 0.342 e. The highest BCUT2D eigenvalue weighted by molar-refractivity contribution is 6.17. The summed E-state index contributed by atoms with van der Waals surface area (Å²) in [6, 6.07) is 5.53. The topological polar surface area (TPSA) is 35.5 Å². The van der Waals surface area contributed by atoms with E-state index in [1.54, 1.807) is 20.1 Å². The van der Waals surface area contributed by atoms with Crippen molar-refractivity contribution in [2.75, 3.05) is 19.6 Å². The van der Waals surface area contributed by atoms with Crippen molar-refractivity contribution in [3.05, 3.63) is 29.3 Å². The molecule has 0 atom stereocenters. The van der Waals surface area contributed by atoms with E-state index in [4.69, 9.17) is 21.1 Å². The molecule has 0 fully saturated rings. The number of hydrogen-bond acceptors (Lipinski definition) is 3. The van der Waals surface area contributed by atoms with Gasteiger partial charge in [0.25, 0.3) is 0 Å². The van der Waals surface area contributed by atoms with Crippen molar-refractivity contribution < 1.29 is 14.3 Å². The minimum atomic E-state index is -0.338. The summed E-state index contributed by atoms with van der Waals surface area (Å²) in [7, 11) is 1.55. The van der Waals surface area contributed by atoms with Gasteiger partial charge in [0.1, 0.15) is 11.3 Å². The van der Waals surface area contributed by atoms with Gasteiger partial charge in [0.2, 0.25) is 0 Å². The molecule has 94 valence electrons. The fourth-order valence-electron chi connectivity index (χ4n) is 1.65. The third kappa shape index (κ3) is 3.63. The molecule has 0 saturated heterocycles. The normalized spacial score (nSPS) is 10.1. The molecule has 1 aromatic rings. The number of hydrogen-bond donors (Lipinski definition) is 0. The molecular formula is C13H17ClO3. The van der Waals surface area contributed by atoms with Crippen molar-refractivity contribution in [3.8, 4) is 5.75 Å². The first-order chi connectivity index (χ1) is 8.24. The molecule has 17 heavy (non-hydrogen) atoms. The van der Waals surface area contributed by atoms with E-state index in [1.165, 1.54) is 0 Å². The largest absolute Gasteiger partial charge is 0.496 e. The number of methoxy groups -OCH3 is 1. The highest BCUT2D eigenvalue weighted by atomic mass is 35.5. The second-order valence-corrected chi connectivity index (χ2v) is 3.89. The van der Waals surface area contributed by atoms with Crippen LogP contribution >= 0.6 is 11.6 Å². The quantitative estimate of drug-likeness (QED) is 0.580. The van der Waals surface area contributed by atoms with E-state index < -0.39 is 0 Å². The third-order valence-corrected chi connectivity index (χ3v) is 2.66. The highest BCUT2D eigenvalue weighted by Crippen LogP contribution is 2.24. The van der Waals surface area contributed by atoms with Crippen molar-refractivity contribution >= 4 is 17.6 Å². The van der Waals surface area contributed by atoms with Gasteiger partial charge in [-0.3, -0.25) is 0 Å². The summed E-state index contributed by atoms with van der Waals surface area (Å²) < 4.78 is 10.2. The lowest BCUT2D eigenvalue weighted by Crippen LogP contribution is -2.10. The maximum atomic E-state index is 11.9. The van der Waals surface area contributed by atoms with E-state index >= 15 is 0 Å². The second kappa shape index (κ2) is 7.17. The van der Waals surface area contributed by atoms with Gasteiger partial charge in [-0.1, -0.05) is 12.1 Å². The Kier molecular flexibility index (Phi) is 5.84. The average Bonchev–Trinajstić information content (AvgIpc) is 2.35. The van der Waals surface area contributed by atoms with Crippen molar-refractivity contribution in [2.45, 2.75) is 19.8 Å². The van der Waals surface area contributed by atoms with Crippen LogP contribution in [0.4, 0.5) is 0 Å². The lowest BCUT2D eigenvalue weighted by Gasteiger charge is -2.12. The Morgan fingerprint density at radius 1 is 1.41 bits per heavy atom.